The zero-order valence-electron chi connectivity index (χ0n) is 17.5. The maximum absolute atomic E-state index is 5.81. The maximum Gasteiger partial charge on any atom is 0.212 e. The number of thioether (sulfide) groups is 1. The minimum atomic E-state index is 0.445. The van der Waals surface area contributed by atoms with Crippen molar-refractivity contribution < 1.29 is 9.47 Å². The van der Waals surface area contributed by atoms with E-state index in [1.807, 2.05) is 37.3 Å². The predicted octanol–water partition coefficient (Wildman–Crippen LogP) is 5.57. The normalized spacial score (nSPS) is 11.4. The minimum Gasteiger partial charge on any atom is -0.493 e. The molecule has 0 unspecified atom stereocenters. The second-order valence-corrected chi connectivity index (χ2v) is 8.97. The number of ether oxygens (including phenoxy) is 2. The van der Waals surface area contributed by atoms with Gasteiger partial charge in [0.1, 0.15) is 0 Å². The molecule has 0 atom stereocenters. The molecule has 0 fully saturated rings. The summed E-state index contributed by atoms with van der Waals surface area (Å²) in [6.45, 7) is 6.75. The second kappa shape index (κ2) is 10.6. The van der Waals surface area contributed by atoms with Gasteiger partial charge in [0.2, 0.25) is 5.16 Å². The van der Waals surface area contributed by atoms with Crippen molar-refractivity contribution in [2.45, 2.75) is 31.7 Å². The van der Waals surface area contributed by atoms with Gasteiger partial charge in [0.25, 0.3) is 0 Å². The monoisotopic (exact) mass is 488 g/mol. The van der Waals surface area contributed by atoms with Gasteiger partial charge in [0.15, 0.2) is 17.3 Å². The third kappa shape index (κ3) is 6.09. The van der Waals surface area contributed by atoms with E-state index in [9.17, 15) is 0 Å². The van der Waals surface area contributed by atoms with E-state index in [0.717, 1.165) is 32.5 Å². The van der Waals surface area contributed by atoms with Crippen LogP contribution in [0.5, 0.6) is 11.5 Å². The van der Waals surface area contributed by atoms with E-state index in [0.29, 0.717) is 18.3 Å². The van der Waals surface area contributed by atoms with Crippen LogP contribution in [0.3, 0.4) is 0 Å². The van der Waals surface area contributed by atoms with Crippen molar-refractivity contribution in [3.63, 3.8) is 0 Å². The zero-order valence-corrected chi connectivity index (χ0v) is 19.9. The second-order valence-electron chi connectivity index (χ2n) is 7.12. The molecule has 0 radical (unpaired) electrons. The molecule has 0 spiro atoms. The van der Waals surface area contributed by atoms with Gasteiger partial charge < -0.3 is 9.47 Å². The van der Waals surface area contributed by atoms with Gasteiger partial charge in [-0.05, 0) is 54.3 Å². The lowest BCUT2D eigenvalue weighted by atomic mass is 10.2. The molecule has 0 amide bonds. The third-order valence-corrected chi connectivity index (χ3v) is 5.65. The molecule has 8 heteroatoms. The van der Waals surface area contributed by atoms with Crippen molar-refractivity contribution in [3.05, 3.63) is 63.9 Å². The average Bonchev–Trinajstić information content (AvgIpc) is 3.09. The first-order valence-electron chi connectivity index (χ1n) is 9.60. The van der Waals surface area contributed by atoms with Gasteiger partial charge in [-0.2, -0.15) is 9.78 Å². The van der Waals surface area contributed by atoms with Crippen molar-refractivity contribution in [1.82, 2.24) is 14.9 Å². The van der Waals surface area contributed by atoms with Crippen molar-refractivity contribution in [1.29, 1.82) is 0 Å². The molecule has 1 heterocycles. The fourth-order valence-corrected chi connectivity index (χ4v) is 3.71. The van der Waals surface area contributed by atoms with Gasteiger partial charge in [-0.1, -0.05) is 53.7 Å². The molecule has 2 aromatic carbocycles. The maximum atomic E-state index is 5.81. The summed E-state index contributed by atoms with van der Waals surface area (Å²) in [5.41, 5.74) is 2.11. The van der Waals surface area contributed by atoms with Crippen LogP contribution in [-0.2, 0) is 5.75 Å². The first kappa shape index (κ1) is 22.4. The van der Waals surface area contributed by atoms with E-state index in [-0.39, 0.29) is 0 Å². The summed E-state index contributed by atoms with van der Waals surface area (Å²) in [5.74, 6) is 3.38. The van der Waals surface area contributed by atoms with Gasteiger partial charge in [-0.15, -0.1) is 10.2 Å². The summed E-state index contributed by atoms with van der Waals surface area (Å²) in [5, 5.41) is 13.8. The summed E-state index contributed by atoms with van der Waals surface area (Å²) in [6, 6.07) is 14.0. The summed E-state index contributed by atoms with van der Waals surface area (Å²) >= 11 is 5.06. The van der Waals surface area contributed by atoms with Crippen LogP contribution in [0.1, 0.15) is 30.8 Å². The van der Waals surface area contributed by atoms with E-state index < -0.39 is 0 Å². The summed E-state index contributed by atoms with van der Waals surface area (Å²) in [4.78, 5) is 0. The number of halogens is 1. The average molecular weight is 489 g/mol. The Bertz CT molecular complexity index is 1000. The number of aryl methyl sites for hydroxylation is 1. The molecule has 0 saturated heterocycles. The Morgan fingerprint density at radius 1 is 1.13 bits per heavy atom. The minimum absolute atomic E-state index is 0.445. The van der Waals surface area contributed by atoms with Crippen LogP contribution in [0.15, 0.2) is 57.2 Å². The zero-order chi connectivity index (χ0) is 21.5. The van der Waals surface area contributed by atoms with E-state index in [1.165, 1.54) is 5.56 Å². The Morgan fingerprint density at radius 2 is 1.90 bits per heavy atom. The number of benzene rings is 2. The van der Waals surface area contributed by atoms with Gasteiger partial charge in [-0.3, -0.25) is 0 Å². The Labute approximate surface area is 189 Å². The lowest BCUT2D eigenvalue weighted by Crippen LogP contribution is -2.05. The highest BCUT2D eigenvalue weighted by atomic mass is 79.9. The lowest BCUT2D eigenvalue weighted by molar-refractivity contribution is 0.257. The van der Waals surface area contributed by atoms with Crippen molar-refractivity contribution >= 4 is 33.9 Å². The van der Waals surface area contributed by atoms with Gasteiger partial charge in [-0.25, -0.2) is 0 Å². The summed E-state index contributed by atoms with van der Waals surface area (Å²) in [7, 11) is 1.64. The number of hydrogen-bond donors (Lipinski definition) is 0. The number of hydrogen-bond acceptors (Lipinski definition) is 6. The van der Waals surface area contributed by atoms with Crippen molar-refractivity contribution in [3.8, 4) is 11.5 Å². The summed E-state index contributed by atoms with van der Waals surface area (Å²) < 4.78 is 14.1. The highest BCUT2D eigenvalue weighted by Crippen LogP contribution is 2.28. The number of nitrogens with zero attached hydrogens (tertiary/aromatic N) is 4. The molecule has 6 nitrogen and oxygen atoms in total. The van der Waals surface area contributed by atoms with E-state index >= 15 is 0 Å². The van der Waals surface area contributed by atoms with E-state index in [1.54, 1.807) is 29.8 Å². The van der Waals surface area contributed by atoms with E-state index in [4.69, 9.17) is 9.47 Å². The van der Waals surface area contributed by atoms with Crippen LogP contribution < -0.4 is 9.47 Å². The van der Waals surface area contributed by atoms with E-state index in [2.05, 4.69) is 57.2 Å². The highest BCUT2D eigenvalue weighted by molar-refractivity contribution is 9.10. The fraction of sp³-hybridized carbons (Fsp3) is 0.318. The Balaban J connectivity index is 1.72. The highest BCUT2D eigenvalue weighted by Gasteiger charge is 2.10. The molecule has 3 rings (SSSR count). The lowest BCUT2D eigenvalue weighted by Gasteiger charge is -2.12. The van der Waals surface area contributed by atoms with Crippen LogP contribution in [0.25, 0.3) is 0 Å². The largest absolute Gasteiger partial charge is 0.493 e. The molecular formula is C22H25BrN4O2S. The van der Waals surface area contributed by atoms with Crippen molar-refractivity contribution in [2.24, 2.45) is 11.0 Å². The Hall–Kier alpha value is -2.32. The first-order chi connectivity index (χ1) is 14.5. The Morgan fingerprint density at radius 3 is 2.60 bits per heavy atom. The molecule has 0 aliphatic rings. The van der Waals surface area contributed by atoms with Gasteiger partial charge in [0, 0.05) is 10.2 Å². The molecule has 0 aliphatic carbocycles. The van der Waals surface area contributed by atoms with Crippen molar-refractivity contribution in [2.75, 3.05) is 13.7 Å². The molecule has 3 aromatic rings. The van der Waals surface area contributed by atoms with Crippen LogP contribution in [0.4, 0.5) is 0 Å². The fourth-order valence-electron chi connectivity index (χ4n) is 2.55. The van der Waals surface area contributed by atoms with Gasteiger partial charge in [0.05, 0.1) is 19.9 Å². The standard InChI is InChI=1S/C22H25BrN4O2S/c1-15(2)13-29-20-10-7-18(11-21(20)28-4)12-24-27-16(3)25-26-22(27)30-14-17-5-8-19(23)9-6-17/h5-12,15H,13-14H2,1-4H3/b24-12+. The topological polar surface area (TPSA) is 61.5 Å². The first-order valence-corrected chi connectivity index (χ1v) is 11.4. The molecule has 0 bridgehead atoms. The number of methoxy groups -OCH3 is 1. The molecule has 0 N–H and O–H groups in total. The molecule has 1 aromatic heterocycles. The molecule has 30 heavy (non-hydrogen) atoms. The van der Waals surface area contributed by atoms with Crippen LogP contribution in [0, 0.1) is 12.8 Å². The predicted molar refractivity (Wildman–Crippen MR) is 125 cm³/mol. The third-order valence-electron chi connectivity index (χ3n) is 4.13. The molecule has 158 valence electrons. The SMILES string of the molecule is COc1cc(/C=N/n2c(C)nnc2SCc2ccc(Br)cc2)ccc1OCC(C)C. The molecular weight excluding hydrogens is 464 g/mol. The van der Waals surface area contributed by atoms with Crippen LogP contribution in [0.2, 0.25) is 0 Å². The quantitative estimate of drug-likeness (QED) is 0.291. The summed E-state index contributed by atoms with van der Waals surface area (Å²) in [6.07, 6.45) is 1.77. The number of aromatic nitrogens is 3. The van der Waals surface area contributed by atoms with Crippen LogP contribution in [-0.4, -0.2) is 34.8 Å². The molecule has 0 aliphatic heterocycles. The Kier molecular flexibility index (Phi) is 7.93. The number of rotatable bonds is 9. The van der Waals surface area contributed by atoms with Crippen LogP contribution >= 0.6 is 27.7 Å². The molecule has 0 saturated carbocycles. The smallest absolute Gasteiger partial charge is 0.212 e. The van der Waals surface area contributed by atoms with Gasteiger partial charge >= 0.3 is 0 Å².